The molecule has 256 valence electrons. The van der Waals surface area contributed by atoms with Crippen molar-refractivity contribution in [2.75, 3.05) is 13.1 Å². The Morgan fingerprint density at radius 3 is 1.80 bits per heavy atom. The minimum absolute atomic E-state index is 0.0137. The molecule has 3 amide bonds. The maximum absolute atomic E-state index is 12.9. The predicted molar refractivity (Wildman–Crippen MR) is 180 cm³/mol. The molecule has 0 aliphatic heterocycles. The van der Waals surface area contributed by atoms with E-state index in [4.69, 9.17) is 9.47 Å². The Bertz CT molecular complexity index is 948. The molecule has 0 aromatic heterocycles. The van der Waals surface area contributed by atoms with E-state index in [9.17, 15) is 19.2 Å². The minimum atomic E-state index is -0.880. The Labute approximate surface area is 272 Å². The van der Waals surface area contributed by atoms with E-state index in [1.807, 2.05) is 30.3 Å². The molecule has 0 bridgehead atoms. The van der Waals surface area contributed by atoms with Crippen molar-refractivity contribution in [2.45, 2.75) is 155 Å². The lowest BCUT2D eigenvalue weighted by Crippen LogP contribution is -2.48. The minimum Gasteiger partial charge on any atom is -0.461 e. The molecule has 9 heteroatoms. The van der Waals surface area contributed by atoms with Crippen molar-refractivity contribution in [2.24, 2.45) is 0 Å². The van der Waals surface area contributed by atoms with Crippen LogP contribution in [0.15, 0.2) is 30.3 Å². The second kappa shape index (κ2) is 25.1. The highest BCUT2D eigenvalue weighted by molar-refractivity contribution is 5.88. The van der Waals surface area contributed by atoms with Crippen molar-refractivity contribution in [1.29, 1.82) is 0 Å². The van der Waals surface area contributed by atoms with Crippen molar-refractivity contribution < 1.29 is 28.7 Å². The summed E-state index contributed by atoms with van der Waals surface area (Å²) >= 11 is 0. The van der Waals surface area contributed by atoms with E-state index in [2.05, 4.69) is 22.9 Å². The van der Waals surface area contributed by atoms with Gasteiger partial charge in [-0.1, -0.05) is 121 Å². The van der Waals surface area contributed by atoms with Gasteiger partial charge in [-0.15, -0.1) is 0 Å². The van der Waals surface area contributed by atoms with Crippen LogP contribution in [0.25, 0.3) is 0 Å². The van der Waals surface area contributed by atoms with Crippen LogP contribution in [0.5, 0.6) is 0 Å². The first-order valence-electron chi connectivity index (χ1n) is 17.3. The van der Waals surface area contributed by atoms with Crippen LogP contribution in [-0.2, 0) is 30.5 Å². The quantitative estimate of drug-likeness (QED) is 0.0758. The van der Waals surface area contributed by atoms with Crippen LogP contribution in [0.4, 0.5) is 4.79 Å². The molecular weight excluding hydrogens is 570 g/mol. The van der Waals surface area contributed by atoms with Crippen LogP contribution in [0.1, 0.15) is 142 Å². The van der Waals surface area contributed by atoms with Crippen molar-refractivity contribution >= 4 is 23.9 Å². The zero-order valence-corrected chi connectivity index (χ0v) is 28.6. The molecule has 1 rings (SSSR count). The van der Waals surface area contributed by atoms with Gasteiger partial charge in [-0.05, 0) is 39.2 Å². The summed E-state index contributed by atoms with van der Waals surface area (Å²) in [5.41, 5.74) is 0.254. The topological polar surface area (TPSA) is 123 Å². The van der Waals surface area contributed by atoms with E-state index in [1.165, 1.54) is 70.6 Å². The van der Waals surface area contributed by atoms with E-state index < -0.39 is 29.6 Å². The molecule has 0 saturated carbocycles. The number of rotatable bonds is 25. The monoisotopic (exact) mass is 631 g/mol. The number of carbonyl (C=O) groups is 4. The molecular formula is C36H61N3O6. The summed E-state index contributed by atoms with van der Waals surface area (Å²) in [4.78, 5) is 49.8. The van der Waals surface area contributed by atoms with Crippen molar-refractivity contribution in [3.8, 4) is 0 Å². The summed E-state index contributed by atoms with van der Waals surface area (Å²) in [5.74, 6) is -1.06. The summed E-state index contributed by atoms with van der Waals surface area (Å²) in [6, 6.07) is 8.48. The fraction of sp³-hybridized carbons (Fsp3) is 0.722. The first-order chi connectivity index (χ1) is 21.6. The summed E-state index contributed by atoms with van der Waals surface area (Å²) in [7, 11) is 0. The third-order valence-corrected chi connectivity index (χ3v) is 7.38. The van der Waals surface area contributed by atoms with E-state index in [0.29, 0.717) is 6.42 Å². The molecule has 1 aromatic carbocycles. The fourth-order valence-electron chi connectivity index (χ4n) is 4.88. The third-order valence-electron chi connectivity index (χ3n) is 7.38. The number of alkyl carbamates (subject to hydrolysis) is 1. The van der Waals surface area contributed by atoms with Gasteiger partial charge in [-0.3, -0.25) is 14.4 Å². The Morgan fingerprint density at radius 1 is 0.711 bits per heavy atom. The number of esters is 1. The lowest BCUT2D eigenvalue weighted by atomic mass is 10.0. The molecule has 0 aliphatic rings. The lowest BCUT2D eigenvalue weighted by Gasteiger charge is -2.20. The van der Waals surface area contributed by atoms with Gasteiger partial charge >= 0.3 is 12.1 Å². The molecule has 45 heavy (non-hydrogen) atoms. The highest BCUT2D eigenvalue weighted by atomic mass is 16.6. The molecule has 1 aromatic rings. The second-order valence-corrected chi connectivity index (χ2v) is 12.9. The normalized spacial score (nSPS) is 11.8. The molecule has 0 saturated heterocycles. The molecule has 3 N–H and O–H groups in total. The van der Waals surface area contributed by atoms with Crippen LogP contribution in [-0.4, -0.2) is 48.6 Å². The molecule has 0 fully saturated rings. The molecule has 0 heterocycles. The summed E-state index contributed by atoms with van der Waals surface area (Å²) in [6.07, 6.45) is 17.2. The summed E-state index contributed by atoms with van der Waals surface area (Å²) in [6.45, 7) is 8.03. The largest absolute Gasteiger partial charge is 0.461 e. The van der Waals surface area contributed by atoms with Crippen molar-refractivity contribution in [3.63, 3.8) is 0 Å². The Hall–Kier alpha value is -3.10. The number of hydrogen-bond acceptors (Lipinski definition) is 6. The van der Waals surface area contributed by atoms with Crippen molar-refractivity contribution in [3.05, 3.63) is 35.9 Å². The third kappa shape index (κ3) is 23.9. The molecule has 0 unspecified atom stereocenters. The molecule has 9 nitrogen and oxygen atoms in total. The highest BCUT2D eigenvalue weighted by Gasteiger charge is 2.22. The van der Waals surface area contributed by atoms with Gasteiger partial charge in [0.25, 0.3) is 0 Å². The van der Waals surface area contributed by atoms with E-state index >= 15 is 0 Å². The predicted octanol–water partition coefficient (Wildman–Crippen LogP) is 7.51. The Kier molecular flexibility index (Phi) is 22.3. The smallest absolute Gasteiger partial charge is 0.407 e. The van der Waals surface area contributed by atoms with E-state index in [1.54, 1.807) is 20.8 Å². The van der Waals surface area contributed by atoms with Gasteiger partial charge in [0.15, 0.2) is 0 Å². The number of unbranched alkanes of at least 4 members (excludes halogenated alkanes) is 13. The van der Waals surface area contributed by atoms with E-state index in [0.717, 1.165) is 24.8 Å². The van der Waals surface area contributed by atoms with Gasteiger partial charge in [0, 0.05) is 25.9 Å². The number of ether oxygens (including phenoxy) is 2. The maximum atomic E-state index is 12.9. The number of nitrogens with one attached hydrogen (secondary N) is 3. The first kappa shape index (κ1) is 39.9. The van der Waals surface area contributed by atoms with Crippen LogP contribution in [0.3, 0.4) is 0 Å². The number of carbonyl (C=O) groups excluding carboxylic acids is 4. The summed E-state index contributed by atoms with van der Waals surface area (Å²) in [5, 5.41) is 8.12. The zero-order chi connectivity index (χ0) is 33.2. The van der Waals surface area contributed by atoms with Gasteiger partial charge in [0.2, 0.25) is 11.8 Å². The molecule has 1 atom stereocenters. The van der Waals surface area contributed by atoms with Crippen LogP contribution in [0, 0.1) is 0 Å². The van der Waals surface area contributed by atoms with Gasteiger partial charge in [-0.2, -0.15) is 0 Å². The zero-order valence-electron chi connectivity index (χ0n) is 28.6. The number of amides is 3. The van der Waals surface area contributed by atoms with Crippen molar-refractivity contribution in [1.82, 2.24) is 16.0 Å². The van der Waals surface area contributed by atoms with Crippen LogP contribution >= 0.6 is 0 Å². The SMILES string of the molecule is CCCCCCCCCCCCCCCCC(=O)N[C@@H](CCC(=O)OCc1ccccc1)C(=O)NCCNC(=O)OC(C)(C)C. The van der Waals surface area contributed by atoms with Gasteiger partial charge in [-0.25, -0.2) is 4.79 Å². The average molecular weight is 632 g/mol. The fourth-order valence-corrected chi connectivity index (χ4v) is 4.88. The van der Waals surface area contributed by atoms with Crippen LogP contribution in [0.2, 0.25) is 0 Å². The second-order valence-electron chi connectivity index (χ2n) is 12.9. The summed E-state index contributed by atoms with van der Waals surface area (Å²) < 4.78 is 10.5. The van der Waals surface area contributed by atoms with E-state index in [-0.39, 0.29) is 38.4 Å². The molecule has 0 spiro atoms. The standard InChI is InChI=1S/C36H61N3O6/c1-5-6-7-8-9-10-11-12-13-14-15-16-17-21-24-32(40)39-31(25-26-33(41)44-29-30-22-19-18-20-23-30)34(42)37-27-28-38-35(43)45-36(2,3)4/h18-20,22-23,31H,5-17,21,24-29H2,1-4H3,(H,37,42)(H,38,43)(H,39,40)/t31-/m0/s1. The lowest BCUT2D eigenvalue weighted by molar-refractivity contribution is -0.145. The van der Waals surface area contributed by atoms with Crippen LogP contribution < -0.4 is 16.0 Å². The van der Waals surface area contributed by atoms with Gasteiger partial charge in [0.1, 0.15) is 18.2 Å². The number of benzene rings is 1. The maximum Gasteiger partial charge on any atom is 0.407 e. The Balaban J connectivity index is 2.36. The first-order valence-corrected chi connectivity index (χ1v) is 17.3. The highest BCUT2D eigenvalue weighted by Crippen LogP contribution is 2.14. The average Bonchev–Trinajstić information content (AvgIpc) is 3.00. The van der Waals surface area contributed by atoms with Gasteiger partial charge < -0.3 is 25.4 Å². The Morgan fingerprint density at radius 2 is 1.24 bits per heavy atom. The molecule has 0 radical (unpaired) electrons. The van der Waals surface area contributed by atoms with Gasteiger partial charge in [0.05, 0.1) is 0 Å². The number of hydrogen-bond donors (Lipinski definition) is 3. The molecule has 0 aliphatic carbocycles.